The monoisotopic (exact) mass is 1070 g/mol. The lowest BCUT2D eigenvalue weighted by atomic mass is 9.99. The van der Waals surface area contributed by atoms with Crippen molar-refractivity contribution in [2.75, 3.05) is 26.4 Å². The van der Waals surface area contributed by atoms with Gasteiger partial charge in [-0.25, -0.2) is 4.18 Å². The number of esters is 1. The van der Waals surface area contributed by atoms with Gasteiger partial charge in [0.2, 0.25) is 0 Å². The first-order valence-corrected chi connectivity index (χ1v) is 32.1. The Balaban J connectivity index is 2.26. The van der Waals surface area contributed by atoms with Crippen molar-refractivity contribution in [3.8, 4) is 0 Å². The molecule has 1 saturated heterocycles. The van der Waals surface area contributed by atoms with Crippen LogP contribution in [0.4, 0.5) is 0 Å². The predicted octanol–water partition coefficient (Wildman–Crippen LogP) is 15.7. The fourth-order valence-electron chi connectivity index (χ4n) is 9.58. The van der Waals surface area contributed by atoms with Gasteiger partial charge in [0, 0.05) is 13.0 Å². The smallest absolute Gasteiger partial charge is 0.397 e. The molecule has 436 valence electrons. The zero-order valence-corrected chi connectivity index (χ0v) is 48.2. The van der Waals surface area contributed by atoms with Crippen molar-refractivity contribution < 1.29 is 56.2 Å². The number of ether oxygens (including phenoxy) is 4. The summed E-state index contributed by atoms with van der Waals surface area (Å²) in [5, 5.41) is 30.9. The molecule has 13 heteroatoms. The van der Waals surface area contributed by atoms with Crippen LogP contribution in [0.25, 0.3) is 0 Å². The van der Waals surface area contributed by atoms with Crippen LogP contribution in [-0.4, -0.2) is 97.5 Å². The van der Waals surface area contributed by atoms with Crippen LogP contribution in [0.3, 0.4) is 0 Å². The van der Waals surface area contributed by atoms with Crippen molar-refractivity contribution in [1.82, 2.24) is 0 Å². The topological polar surface area (TPSA) is 178 Å². The standard InChI is InChI=1S/C61H114O12S/c1-3-5-7-9-11-13-15-17-19-21-23-25-27-28-29-30-32-34-36-38-40-42-44-46-48-50-57(63)71-55(54-70-61-59(65)60(73-74(66,67)68)58(64)56(52-62)72-61)53-69-51-49-47-45-43-41-39-37-35-33-31-26-24-22-20-18-16-14-12-10-8-6-4-2/h15,17,21-24,55-56,58-62,64-65H,3-14,16,18-20,25-54H2,1-2H3,(H,66,67,68)/b17-15-,23-21-,24-22-. The van der Waals surface area contributed by atoms with E-state index in [0.29, 0.717) is 13.0 Å². The highest BCUT2D eigenvalue weighted by molar-refractivity contribution is 7.80. The van der Waals surface area contributed by atoms with Crippen LogP contribution >= 0.6 is 0 Å². The molecule has 1 rings (SSSR count). The SMILES string of the molecule is CCCCCCC/C=C\C/C=C\CCCCCCCCCCCCCCCC(=O)OC(COCCCCCCCCCCCC/C=C\CCCCCCCCCC)COC1OC(CO)C(O)C(OS(=O)(=O)O)C1O. The van der Waals surface area contributed by atoms with E-state index in [1.165, 1.54) is 212 Å². The van der Waals surface area contributed by atoms with Gasteiger partial charge in [-0.1, -0.05) is 243 Å². The molecular weight excluding hydrogens is 957 g/mol. The third-order valence-corrected chi connectivity index (χ3v) is 14.7. The lowest BCUT2D eigenvalue weighted by Crippen LogP contribution is -2.60. The minimum absolute atomic E-state index is 0.0375. The van der Waals surface area contributed by atoms with Gasteiger partial charge in [-0.2, -0.15) is 8.42 Å². The molecule has 0 saturated carbocycles. The van der Waals surface area contributed by atoms with E-state index in [9.17, 15) is 33.1 Å². The lowest BCUT2D eigenvalue weighted by molar-refractivity contribution is -0.301. The zero-order valence-electron chi connectivity index (χ0n) is 47.4. The molecule has 1 aliphatic heterocycles. The van der Waals surface area contributed by atoms with E-state index in [2.05, 4.69) is 54.5 Å². The number of hydrogen-bond donors (Lipinski definition) is 4. The quantitative estimate of drug-likeness (QED) is 0.0196. The molecular formula is C61H114O12S. The highest BCUT2D eigenvalue weighted by atomic mass is 32.3. The molecule has 6 atom stereocenters. The summed E-state index contributed by atoms with van der Waals surface area (Å²) in [6.45, 7) is 4.03. The maximum absolute atomic E-state index is 13.0. The second-order valence-corrected chi connectivity index (χ2v) is 22.3. The summed E-state index contributed by atoms with van der Waals surface area (Å²) >= 11 is 0. The number of carbonyl (C=O) groups is 1. The Labute approximate surface area is 454 Å². The molecule has 0 aromatic rings. The Morgan fingerprint density at radius 2 is 0.892 bits per heavy atom. The number of hydrogen-bond acceptors (Lipinski definition) is 11. The molecule has 0 aliphatic carbocycles. The van der Waals surface area contributed by atoms with Gasteiger partial charge in [-0.15, -0.1) is 0 Å². The molecule has 1 aliphatic rings. The Morgan fingerprint density at radius 3 is 1.30 bits per heavy atom. The summed E-state index contributed by atoms with van der Waals surface area (Å²) in [6, 6.07) is 0. The van der Waals surface area contributed by atoms with Gasteiger partial charge in [0.1, 0.15) is 30.5 Å². The highest BCUT2D eigenvalue weighted by Gasteiger charge is 2.48. The second kappa shape index (κ2) is 52.0. The Bertz CT molecular complexity index is 1420. The van der Waals surface area contributed by atoms with Gasteiger partial charge >= 0.3 is 16.4 Å². The number of allylic oxidation sites excluding steroid dienone is 6. The number of unbranched alkanes of at least 4 members (excludes halogenated alkanes) is 36. The molecule has 6 unspecified atom stereocenters. The van der Waals surface area contributed by atoms with Crippen LogP contribution in [0, 0.1) is 0 Å². The molecule has 0 amide bonds. The summed E-state index contributed by atoms with van der Waals surface area (Å²) < 4.78 is 59.5. The van der Waals surface area contributed by atoms with Gasteiger partial charge in [-0.3, -0.25) is 9.35 Å². The third kappa shape index (κ3) is 44.3. The van der Waals surface area contributed by atoms with Gasteiger partial charge < -0.3 is 34.3 Å². The van der Waals surface area contributed by atoms with E-state index in [0.717, 1.165) is 44.9 Å². The van der Waals surface area contributed by atoms with Crippen molar-refractivity contribution >= 4 is 16.4 Å². The van der Waals surface area contributed by atoms with Crippen molar-refractivity contribution in [2.45, 2.75) is 320 Å². The van der Waals surface area contributed by atoms with E-state index in [1.54, 1.807) is 0 Å². The Morgan fingerprint density at radius 1 is 0.514 bits per heavy atom. The molecule has 0 bridgehead atoms. The van der Waals surface area contributed by atoms with E-state index < -0.39 is 59.8 Å². The van der Waals surface area contributed by atoms with E-state index >= 15 is 0 Å². The van der Waals surface area contributed by atoms with Gasteiger partial charge in [-0.05, 0) is 70.6 Å². The van der Waals surface area contributed by atoms with Crippen LogP contribution in [0.15, 0.2) is 36.5 Å². The predicted molar refractivity (Wildman–Crippen MR) is 304 cm³/mol. The van der Waals surface area contributed by atoms with Gasteiger partial charge in [0.15, 0.2) is 6.29 Å². The van der Waals surface area contributed by atoms with Gasteiger partial charge in [0.25, 0.3) is 0 Å². The van der Waals surface area contributed by atoms with Crippen molar-refractivity contribution in [3.05, 3.63) is 36.5 Å². The molecule has 0 radical (unpaired) electrons. The summed E-state index contributed by atoms with van der Waals surface area (Å²) in [5.74, 6) is -0.396. The zero-order chi connectivity index (χ0) is 53.8. The summed E-state index contributed by atoms with van der Waals surface area (Å²) in [5.41, 5.74) is 0. The van der Waals surface area contributed by atoms with Crippen LogP contribution in [0.1, 0.15) is 284 Å². The first-order valence-electron chi connectivity index (χ1n) is 30.7. The fraction of sp³-hybridized carbons (Fsp3) is 0.885. The molecule has 0 aromatic heterocycles. The average Bonchev–Trinajstić information content (AvgIpc) is 3.38. The van der Waals surface area contributed by atoms with Crippen LogP contribution < -0.4 is 0 Å². The largest absolute Gasteiger partial charge is 0.457 e. The van der Waals surface area contributed by atoms with Crippen molar-refractivity contribution in [2.24, 2.45) is 0 Å². The Hall–Kier alpha value is -1.68. The number of rotatable bonds is 55. The number of carbonyl (C=O) groups excluding carboxylic acids is 1. The highest BCUT2D eigenvalue weighted by Crippen LogP contribution is 2.26. The normalized spacial score (nSPS) is 18.9. The van der Waals surface area contributed by atoms with Crippen LogP contribution in [-0.2, 0) is 38.3 Å². The molecule has 0 spiro atoms. The maximum atomic E-state index is 13.0. The molecule has 12 nitrogen and oxygen atoms in total. The second-order valence-electron chi connectivity index (χ2n) is 21.3. The Kier molecular flexibility index (Phi) is 49.5. The first-order chi connectivity index (χ1) is 36.1. The third-order valence-electron chi connectivity index (χ3n) is 14.2. The summed E-state index contributed by atoms with van der Waals surface area (Å²) in [7, 11) is -5.07. The van der Waals surface area contributed by atoms with E-state index in [1.807, 2.05) is 0 Å². The minimum Gasteiger partial charge on any atom is -0.457 e. The molecule has 74 heavy (non-hydrogen) atoms. The van der Waals surface area contributed by atoms with Crippen LogP contribution in [0.5, 0.6) is 0 Å². The van der Waals surface area contributed by atoms with E-state index in [4.69, 9.17) is 18.9 Å². The van der Waals surface area contributed by atoms with Crippen molar-refractivity contribution in [1.29, 1.82) is 0 Å². The average molecular weight is 1070 g/mol. The number of aliphatic hydroxyl groups excluding tert-OH is 3. The van der Waals surface area contributed by atoms with Crippen LogP contribution in [0.2, 0.25) is 0 Å². The lowest BCUT2D eigenvalue weighted by Gasteiger charge is -2.41. The molecule has 0 aromatic carbocycles. The maximum Gasteiger partial charge on any atom is 0.397 e. The molecule has 1 fully saturated rings. The summed E-state index contributed by atoms with van der Waals surface area (Å²) in [6.07, 6.45) is 56.1. The fourth-order valence-corrected chi connectivity index (χ4v) is 10.1. The first kappa shape index (κ1) is 70.3. The number of aliphatic hydroxyl groups is 3. The molecule has 1 heterocycles. The van der Waals surface area contributed by atoms with Gasteiger partial charge in [0.05, 0.1) is 19.8 Å². The van der Waals surface area contributed by atoms with Crippen molar-refractivity contribution in [3.63, 3.8) is 0 Å². The minimum atomic E-state index is -5.07. The summed E-state index contributed by atoms with van der Waals surface area (Å²) in [4.78, 5) is 13.0. The van der Waals surface area contributed by atoms with E-state index in [-0.39, 0.29) is 19.6 Å². The molecule has 4 N–H and O–H groups in total.